The van der Waals surface area contributed by atoms with E-state index in [1.54, 1.807) is 30.3 Å². The molecule has 0 aliphatic heterocycles. The number of hydrogen-bond acceptors (Lipinski definition) is 3. The highest BCUT2D eigenvalue weighted by atomic mass is 19.4. The molecule has 5 nitrogen and oxygen atoms in total. The Labute approximate surface area is 152 Å². The SMILES string of the molecule is CC(=O)Nc1cccc(-n2nc(-c3ccccc3)ccc2=O)c1C(F)(F)F. The maximum Gasteiger partial charge on any atom is 0.420 e. The van der Waals surface area contributed by atoms with Gasteiger partial charge in [-0.05, 0) is 18.2 Å². The average molecular weight is 373 g/mol. The van der Waals surface area contributed by atoms with Crippen molar-refractivity contribution in [1.82, 2.24) is 9.78 Å². The molecule has 0 unspecified atom stereocenters. The molecule has 0 radical (unpaired) electrons. The summed E-state index contributed by atoms with van der Waals surface area (Å²) in [5, 5.41) is 6.25. The van der Waals surface area contributed by atoms with Crippen LogP contribution < -0.4 is 10.9 Å². The Morgan fingerprint density at radius 3 is 2.33 bits per heavy atom. The van der Waals surface area contributed by atoms with Crippen molar-refractivity contribution in [3.63, 3.8) is 0 Å². The van der Waals surface area contributed by atoms with Crippen molar-refractivity contribution < 1.29 is 18.0 Å². The minimum Gasteiger partial charge on any atom is -0.326 e. The van der Waals surface area contributed by atoms with E-state index in [-0.39, 0.29) is 0 Å². The molecule has 1 aromatic heterocycles. The van der Waals surface area contributed by atoms with Crippen LogP contribution in [0, 0.1) is 0 Å². The molecule has 8 heteroatoms. The summed E-state index contributed by atoms with van der Waals surface area (Å²) in [4.78, 5) is 23.5. The third-order valence-electron chi connectivity index (χ3n) is 3.73. The molecule has 3 rings (SSSR count). The molecule has 0 aliphatic carbocycles. The normalized spacial score (nSPS) is 11.3. The maximum absolute atomic E-state index is 13.7. The molecule has 2 aromatic carbocycles. The predicted octanol–water partition coefficient (Wildman–Crippen LogP) is 3.88. The standard InChI is InChI=1S/C19H14F3N3O2/c1-12(26)23-15-8-5-9-16(18(15)19(20,21)22)25-17(27)11-10-14(24-25)13-6-3-2-4-7-13/h2-11H,1H3,(H,23,26). The van der Waals surface area contributed by atoms with Crippen LogP contribution in [0.15, 0.2) is 65.5 Å². The Morgan fingerprint density at radius 1 is 1.00 bits per heavy atom. The Bertz CT molecular complexity index is 1040. The van der Waals surface area contributed by atoms with E-state index in [1.807, 2.05) is 0 Å². The summed E-state index contributed by atoms with van der Waals surface area (Å²) in [5.41, 5.74) is -1.77. The number of anilines is 1. The van der Waals surface area contributed by atoms with Gasteiger partial charge in [0.25, 0.3) is 5.56 Å². The van der Waals surface area contributed by atoms with E-state index in [9.17, 15) is 22.8 Å². The Morgan fingerprint density at radius 2 is 1.70 bits per heavy atom. The van der Waals surface area contributed by atoms with Crippen LogP contribution in [0.1, 0.15) is 12.5 Å². The van der Waals surface area contributed by atoms with E-state index in [1.165, 1.54) is 12.1 Å². The summed E-state index contributed by atoms with van der Waals surface area (Å²) in [5.74, 6) is -0.656. The number of halogens is 3. The molecule has 0 saturated heterocycles. The highest BCUT2D eigenvalue weighted by molar-refractivity contribution is 5.90. The predicted molar refractivity (Wildman–Crippen MR) is 94.6 cm³/mol. The number of carbonyl (C=O) groups excluding carboxylic acids is 1. The first kappa shape index (κ1) is 18.4. The van der Waals surface area contributed by atoms with E-state index in [2.05, 4.69) is 10.4 Å². The zero-order valence-corrected chi connectivity index (χ0v) is 14.1. The number of amides is 1. The molecule has 0 atom stereocenters. The van der Waals surface area contributed by atoms with Gasteiger partial charge in [0.05, 0.1) is 17.1 Å². The number of rotatable bonds is 3. The van der Waals surface area contributed by atoms with Crippen LogP contribution in [0.3, 0.4) is 0 Å². The molecule has 27 heavy (non-hydrogen) atoms. The number of nitrogens with zero attached hydrogens (tertiary/aromatic N) is 2. The number of aromatic nitrogens is 2. The fourth-order valence-electron chi connectivity index (χ4n) is 2.65. The summed E-state index contributed by atoms with van der Waals surface area (Å²) < 4.78 is 41.8. The zero-order chi connectivity index (χ0) is 19.6. The van der Waals surface area contributed by atoms with Gasteiger partial charge >= 0.3 is 6.18 Å². The minimum absolute atomic E-state index is 0.341. The fourth-order valence-corrected chi connectivity index (χ4v) is 2.65. The lowest BCUT2D eigenvalue weighted by Gasteiger charge is -2.18. The molecule has 0 saturated carbocycles. The van der Waals surface area contributed by atoms with Crippen molar-refractivity contribution >= 4 is 11.6 Å². The van der Waals surface area contributed by atoms with E-state index in [0.29, 0.717) is 15.9 Å². The first-order valence-electron chi connectivity index (χ1n) is 7.91. The lowest BCUT2D eigenvalue weighted by atomic mass is 10.1. The van der Waals surface area contributed by atoms with Crippen LogP contribution in [0.4, 0.5) is 18.9 Å². The van der Waals surface area contributed by atoms with E-state index in [4.69, 9.17) is 0 Å². The molecule has 138 valence electrons. The summed E-state index contributed by atoms with van der Waals surface area (Å²) in [6.07, 6.45) is -4.81. The first-order valence-corrected chi connectivity index (χ1v) is 7.91. The number of carbonyl (C=O) groups is 1. The van der Waals surface area contributed by atoms with Crippen molar-refractivity contribution in [2.24, 2.45) is 0 Å². The zero-order valence-electron chi connectivity index (χ0n) is 14.1. The number of nitrogens with one attached hydrogen (secondary N) is 1. The molecule has 0 spiro atoms. The highest BCUT2D eigenvalue weighted by Crippen LogP contribution is 2.38. The van der Waals surface area contributed by atoms with Gasteiger partial charge in [-0.15, -0.1) is 0 Å². The maximum atomic E-state index is 13.7. The molecular weight excluding hydrogens is 359 g/mol. The van der Waals surface area contributed by atoms with Gasteiger partial charge in [0, 0.05) is 18.6 Å². The second-order valence-electron chi connectivity index (χ2n) is 5.71. The fraction of sp³-hybridized carbons (Fsp3) is 0.105. The summed E-state index contributed by atoms with van der Waals surface area (Å²) in [6.45, 7) is 1.10. The number of hydrogen-bond donors (Lipinski definition) is 1. The van der Waals surface area contributed by atoms with Crippen LogP contribution >= 0.6 is 0 Å². The summed E-state index contributed by atoms with van der Waals surface area (Å²) >= 11 is 0. The van der Waals surface area contributed by atoms with Crippen molar-refractivity contribution in [1.29, 1.82) is 0 Å². The van der Waals surface area contributed by atoms with Gasteiger partial charge in [0.1, 0.15) is 5.56 Å². The Balaban J connectivity index is 2.25. The smallest absolute Gasteiger partial charge is 0.326 e. The summed E-state index contributed by atoms with van der Waals surface area (Å²) in [6, 6.07) is 14.9. The molecule has 0 fully saturated rings. The van der Waals surface area contributed by atoms with Crippen LogP contribution in [0.5, 0.6) is 0 Å². The van der Waals surface area contributed by atoms with E-state index in [0.717, 1.165) is 25.1 Å². The summed E-state index contributed by atoms with van der Waals surface area (Å²) in [7, 11) is 0. The topological polar surface area (TPSA) is 64.0 Å². The Hall–Kier alpha value is -3.42. The van der Waals surface area contributed by atoms with Gasteiger partial charge in [-0.3, -0.25) is 9.59 Å². The van der Waals surface area contributed by atoms with Crippen molar-refractivity contribution in [2.75, 3.05) is 5.32 Å². The molecule has 3 aromatic rings. The van der Waals surface area contributed by atoms with Gasteiger partial charge in [-0.2, -0.15) is 23.0 Å². The van der Waals surface area contributed by atoms with Crippen molar-refractivity contribution in [3.05, 3.63) is 76.6 Å². The second kappa shape index (κ2) is 7.06. The molecule has 1 heterocycles. The quantitative estimate of drug-likeness (QED) is 0.758. The van der Waals surface area contributed by atoms with Crippen LogP contribution in [0.2, 0.25) is 0 Å². The third-order valence-corrected chi connectivity index (χ3v) is 3.73. The van der Waals surface area contributed by atoms with Crippen molar-refractivity contribution in [3.8, 4) is 16.9 Å². The minimum atomic E-state index is -4.81. The van der Waals surface area contributed by atoms with Gasteiger partial charge in [0.15, 0.2) is 0 Å². The molecule has 0 aliphatic rings. The lowest BCUT2D eigenvalue weighted by Crippen LogP contribution is -2.25. The van der Waals surface area contributed by atoms with Gasteiger partial charge < -0.3 is 5.32 Å². The molecule has 1 N–H and O–H groups in total. The van der Waals surface area contributed by atoms with E-state index >= 15 is 0 Å². The van der Waals surface area contributed by atoms with Crippen LogP contribution in [-0.2, 0) is 11.0 Å². The van der Waals surface area contributed by atoms with Gasteiger partial charge in [-0.25, -0.2) is 0 Å². The highest BCUT2D eigenvalue weighted by Gasteiger charge is 2.37. The van der Waals surface area contributed by atoms with Crippen molar-refractivity contribution in [2.45, 2.75) is 13.1 Å². The van der Waals surface area contributed by atoms with Gasteiger partial charge in [0.2, 0.25) is 5.91 Å². The van der Waals surface area contributed by atoms with Crippen LogP contribution in [-0.4, -0.2) is 15.7 Å². The first-order chi connectivity index (χ1) is 12.8. The third kappa shape index (κ3) is 3.89. The molecule has 0 bridgehead atoms. The number of benzene rings is 2. The monoisotopic (exact) mass is 373 g/mol. The second-order valence-corrected chi connectivity index (χ2v) is 5.71. The van der Waals surface area contributed by atoms with Gasteiger partial charge in [-0.1, -0.05) is 36.4 Å². The largest absolute Gasteiger partial charge is 0.420 e. The lowest BCUT2D eigenvalue weighted by molar-refractivity contribution is -0.136. The average Bonchev–Trinajstić information content (AvgIpc) is 2.61. The van der Waals surface area contributed by atoms with Crippen LogP contribution in [0.25, 0.3) is 16.9 Å². The van der Waals surface area contributed by atoms with E-state index < -0.39 is 34.6 Å². The molecular formula is C19H14F3N3O2. The Kier molecular flexibility index (Phi) is 4.81. The number of alkyl halides is 3. The molecule has 1 amide bonds.